The molecule has 0 unspecified atom stereocenters. The van der Waals surface area contributed by atoms with Crippen molar-refractivity contribution < 1.29 is 18.7 Å². The van der Waals surface area contributed by atoms with Gasteiger partial charge in [-0.2, -0.15) is 0 Å². The van der Waals surface area contributed by atoms with Gasteiger partial charge in [0, 0.05) is 48.5 Å². The quantitative estimate of drug-likeness (QED) is 0.358. The Kier molecular flexibility index (Phi) is 6.84. The summed E-state index contributed by atoms with van der Waals surface area (Å²) in [7, 11) is 0. The van der Waals surface area contributed by atoms with Gasteiger partial charge in [0.05, 0.1) is 45.5 Å². The van der Waals surface area contributed by atoms with Gasteiger partial charge in [-0.25, -0.2) is 18.7 Å². The molecule has 1 aliphatic carbocycles. The Bertz CT molecular complexity index is 1530. The molecule has 0 spiro atoms. The summed E-state index contributed by atoms with van der Waals surface area (Å²) < 4.78 is 29.9. The number of thiazole rings is 1. The lowest BCUT2D eigenvalue weighted by atomic mass is 9.75. The standard InChI is InChI=1S/C28H28F2N4O3S2/c29-28(30)7-6-19(20(12-28)22-14-38-17-32-22)25(35)33-10-8-27(37,9-11-33)15-34-16-31-23-21(26(34)36)13-39-24(23)18-4-2-1-3-5-18/h1-5,13-14,16-17,19-20,37H,6-12,15H2/t19-,20-/m1/s1. The van der Waals surface area contributed by atoms with E-state index < -0.39 is 23.4 Å². The number of aromatic nitrogens is 3. The van der Waals surface area contributed by atoms with Crippen molar-refractivity contribution in [3.05, 3.63) is 69.0 Å². The Morgan fingerprint density at radius 3 is 2.59 bits per heavy atom. The molecule has 7 nitrogen and oxygen atoms in total. The summed E-state index contributed by atoms with van der Waals surface area (Å²) in [6.45, 7) is 0.671. The van der Waals surface area contributed by atoms with Crippen LogP contribution in [0.15, 0.2) is 57.7 Å². The first-order valence-corrected chi connectivity index (χ1v) is 14.8. The number of hydrogen-bond acceptors (Lipinski definition) is 7. The number of piperidine rings is 1. The van der Waals surface area contributed by atoms with Crippen molar-refractivity contribution in [1.82, 2.24) is 19.4 Å². The summed E-state index contributed by atoms with van der Waals surface area (Å²) in [5.41, 5.74) is 2.42. The van der Waals surface area contributed by atoms with E-state index in [1.165, 1.54) is 33.6 Å². The van der Waals surface area contributed by atoms with Gasteiger partial charge in [-0.1, -0.05) is 30.3 Å². The van der Waals surface area contributed by atoms with Crippen LogP contribution in [0.3, 0.4) is 0 Å². The van der Waals surface area contributed by atoms with E-state index in [0.29, 0.717) is 29.7 Å². The third-order valence-corrected chi connectivity index (χ3v) is 9.69. The maximum absolute atomic E-state index is 14.2. The number of thiophene rings is 1. The molecular formula is C28H28F2N4O3S2. The third-order valence-electron chi connectivity index (χ3n) is 8.06. The number of rotatable bonds is 5. The lowest BCUT2D eigenvalue weighted by Gasteiger charge is -2.42. The molecule has 2 fully saturated rings. The molecule has 6 rings (SSSR count). The number of halogens is 2. The molecule has 0 radical (unpaired) electrons. The average Bonchev–Trinajstić information content (AvgIpc) is 3.61. The Balaban J connectivity index is 1.15. The molecule has 0 bridgehead atoms. The van der Waals surface area contributed by atoms with Crippen LogP contribution in [0.25, 0.3) is 21.3 Å². The molecule has 4 heterocycles. The summed E-state index contributed by atoms with van der Waals surface area (Å²) in [5.74, 6) is -4.13. The third kappa shape index (κ3) is 5.15. The number of hydrogen-bond donors (Lipinski definition) is 1. The van der Waals surface area contributed by atoms with E-state index in [1.807, 2.05) is 30.3 Å². The molecule has 39 heavy (non-hydrogen) atoms. The highest BCUT2D eigenvalue weighted by molar-refractivity contribution is 7.15. The number of nitrogens with zero attached hydrogens (tertiary/aromatic N) is 4. The van der Waals surface area contributed by atoms with E-state index >= 15 is 0 Å². The zero-order chi connectivity index (χ0) is 27.2. The van der Waals surface area contributed by atoms with Crippen molar-refractivity contribution in [3.63, 3.8) is 0 Å². The summed E-state index contributed by atoms with van der Waals surface area (Å²) in [6.07, 6.45) is 1.48. The average molecular weight is 571 g/mol. The van der Waals surface area contributed by atoms with E-state index in [9.17, 15) is 23.5 Å². The van der Waals surface area contributed by atoms with Crippen LogP contribution < -0.4 is 5.56 Å². The smallest absolute Gasteiger partial charge is 0.262 e. The van der Waals surface area contributed by atoms with Crippen LogP contribution in [-0.2, 0) is 11.3 Å². The van der Waals surface area contributed by atoms with Crippen LogP contribution in [0, 0.1) is 5.92 Å². The van der Waals surface area contributed by atoms with Crippen LogP contribution in [-0.4, -0.2) is 55.1 Å². The fourth-order valence-electron chi connectivity index (χ4n) is 5.87. The molecule has 1 N–H and O–H groups in total. The zero-order valence-corrected chi connectivity index (χ0v) is 22.8. The molecule has 1 saturated heterocycles. The number of likely N-dealkylation sites (tertiary alicyclic amines) is 1. The van der Waals surface area contributed by atoms with Crippen molar-refractivity contribution in [2.24, 2.45) is 5.92 Å². The van der Waals surface area contributed by atoms with Gasteiger partial charge in [-0.05, 0) is 24.8 Å². The highest BCUT2D eigenvalue weighted by Crippen LogP contribution is 2.46. The van der Waals surface area contributed by atoms with Crippen molar-refractivity contribution in [2.45, 2.75) is 56.1 Å². The Morgan fingerprint density at radius 1 is 1.10 bits per heavy atom. The summed E-state index contributed by atoms with van der Waals surface area (Å²) in [6, 6.07) is 9.78. The first kappa shape index (κ1) is 26.2. The number of carbonyl (C=O) groups excluding carboxylic acids is 1. The second-order valence-corrected chi connectivity index (χ2v) is 12.2. The highest BCUT2D eigenvalue weighted by atomic mass is 32.1. The fraction of sp³-hybridized carbons (Fsp3) is 0.429. The number of aliphatic hydroxyl groups is 1. The van der Waals surface area contributed by atoms with E-state index in [0.717, 1.165) is 10.4 Å². The molecule has 1 amide bonds. The molecular weight excluding hydrogens is 542 g/mol. The van der Waals surface area contributed by atoms with Crippen molar-refractivity contribution in [3.8, 4) is 10.4 Å². The first-order valence-electron chi connectivity index (χ1n) is 13.0. The largest absolute Gasteiger partial charge is 0.388 e. The van der Waals surface area contributed by atoms with Gasteiger partial charge in [0.2, 0.25) is 11.8 Å². The predicted molar refractivity (Wildman–Crippen MR) is 147 cm³/mol. The summed E-state index contributed by atoms with van der Waals surface area (Å²) in [5, 5.41) is 15.4. The van der Waals surface area contributed by atoms with Gasteiger partial charge in [0.1, 0.15) is 0 Å². The number of carbonyl (C=O) groups is 1. The van der Waals surface area contributed by atoms with Crippen LogP contribution in [0.5, 0.6) is 0 Å². The molecule has 2 aliphatic rings. The summed E-state index contributed by atoms with van der Waals surface area (Å²) >= 11 is 2.81. The molecule has 4 aromatic rings. The SMILES string of the molecule is O=C([C@@H]1CCC(F)(F)C[C@H]1c1cscn1)N1CCC(O)(Cn2cnc3c(-c4ccccc4)scc3c2=O)CC1. The van der Waals surface area contributed by atoms with Gasteiger partial charge in [-0.15, -0.1) is 22.7 Å². The minimum atomic E-state index is -2.81. The number of fused-ring (bicyclic) bond motifs is 1. The monoisotopic (exact) mass is 570 g/mol. The maximum Gasteiger partial charge on any atom is 0.262 e. The fourth-order valence-corrected chi connectivity index (χ4v) is 7.48. The Labute approximate surface area is 231 Å². The van der Waals surface area contributed by atoms with E-state index in [2.05, 4.69) is 9.97 Å². The van der Waals surface area contributed by atoms with Gasteiger partial charge >= 0.3 is 0 Å². The van der Waals surface area contributed by atoms with Gasteiger partial charge in [0.25, 0.3) is 5.56 Å². The highest BCUT2D eigenvalue weighted by Gasteiger charge is 2.47. The normalized spacial score (nSPS) is 22.7. The van der Waals surface area contributed by atoms with Crippen molar-refractivity contribution in [1.29, 1.82) is 0 Å². The molecule has 1 saturated carbocycles. The minimum Gasteiger partial charge on any atom is -0.388 e. The number of alkyl halides is 2. The second kappa shape index (κ2) is 10.2. The van der Waals surface area contributed by atoms with E-state index in [-0.39, 0.29) is 50.1 Å². The van der Waals surface area contributed by atoms with Gasteiger partial charge < -0.3 is 10.0 Å². The molecule has 204 valence electrons. The Morgan fingerprint density at radius 2 is 1.87 bits per heavy atom. The lowest BCUT2D eigenvalue weighted by Crippen LogP contribution is -2.52. The van der Waals surface area contributed by atoms with E-state index in [1.54, 1.807) is 21.2 Å². The number of benzene rings is 1. The Hall–Kier alpha value is -3.02. The van der Waals surface area contributed by atoms with Crippen LogP contribution in [0.4, 0.5) is 8.78 Å². The zero-order valence-electron chi connectivity index (χ0n) is 21.1. The molecule has 1 aliphatic heterocycles. The molecule has 1 aromatic carbocycles. The first-order chi connectivity index (χ1) is 18.7. The summed E-state index contributed by atoms with van der Waals surface area (Å²) in [4.78, 5) is 38.1. The van der Waals surface area contributed by atoms with Gasteiger partial charge in [-0.3, -0.25) is 14.2 Å². The van der Waals surface area contributed by atoms with E-state index in [4.69, 9.17) is 0 Å². The minimum absolute atomic E-state index is 0.0738. The topological polar surface area (TPSA) is 88.3 Å². The van der Waals surface area contributed by atoms with Crippen LogP contribution in [0.2, 0.25) is 0 Å². The van der Waals surface area contributed by atoms with Crippen molar-refractivity contribution >= 4 is 39.5 Å². The number of amides is 1. The van der Waals surface area contributed by atoms with Gasteiger partial charge in [0.15, 0.2) is 0 Å². The second-order valence-electron chi connectivity index (χ2n) is 10.6. The molecule has 11 heteroatoms. The lowest BCUT2D eigenvalue weighted by molar-refractivity contribution is -0.145. The van der Waals surface area contributed by atoms with Crippen LogP contribution in [0.1, 0.15) is 43.7 Å². The molecule has 2 atom stereocenters. The van der Waals surface area contributed by atoms with Crippen LogP contribution >= 0.6 is 22.7 Å². The predicted octanol–water partition coefficient (Wildman–Crippen LogP) is 5.15. The van der Waals surface area contributed by atoms with Crippen molar-refractivity contribution in [2.75, 3.05) is 13.1 Å². The maximum atomic E-state index is 14.2. The molecule has 3 aromatic heterocycles.